The van der Waals surface area contributed by atoms with Crippen LogP contribution in [0.5, 0.6) is 5.75 Å². The van der Waals surface area contributed by atoms with Gasteiger partial charge in [-0.15, -0.1) is 0 Å². The Bertz CT molecular complexity index is 1190. The van der Waals surface area contributed by atoms with E-state index in [1.54, 1.807) is 31.5 Å². The van der Waals surface area contributed by atoms with Crippen LogP contribution in [-0.2, 0) is 16.1 Å². The number of anilines is 1. The zero-order valence-electron chi connectivity index (χ0n) is 17.7. The third kappa shape index (κ3) is 3.92. The van der Waals surface area contributed by atoms with Gasteiger partial charge in [0.25, 0.3) is 11.8 Å². The van der Waals surface area contributed by atoms with E-state index in [9.17, 15) is 9.59 Å². The molecule has 0 radical (unpaired) electrons. The molecule has 2 aromatic carbocycles. The molecule has 0 spiro atoms. The zero-order chi connectivity index (χ0) is 22.0. The van der Waals surface area contributed by atoms with Crippen LogP contribution >= 0.6 is 0 Å². The number of carbonyl (C=O) groups excluding carboxylic acids is 2. The lowest BCUT2D eigenvalue weighted by Crippen LogP contribution is -2.32. The lowest BCUT2D eigenvalue weighted by atomic mass is 9.99. The number of aromatic nitrogens is 1. The van der Waals surface area contributed by atoms with Crippen molar-refractivity contribution in [3.63, 3.8) is 0 Å². The molecule has 0 aliphatic carbocycles. The smallest absolute Gasteiger partial charge is 0.278 e. The second kappa shape index (κ2) is 8.44. The van der Waals surface area contributed by atoms with Gasteiger partial charge in [-0.25, -0.2) is 0 Å². The number of methoxy groups -OCH3 is 1. The van der Waals surface area contributed by atoms with Crippen LogP contribution in [0.2, 0.25) is 0 Å². The van der Waals surface area contributed by atoms with Gasteiger partial charge in [-0.3, -0.25) is 19.5 Å². The molecule has 156 valence electrons. The Morgan fingerprint density at radius 1 is 0.935 bits per heavy atom. The maximum Gasteiger partial charge on any atom is 0.278 e. The molecule has 31 heavy (non-hydrogen) atoms. The number of aryl methyl sites for hydroxylation is 2. The summed E-state index contributed by atoms with van der Waals surface area (Å²) in [6.07, 6.45) is 1.64. The predicted molar refractivity (Wildman–Crippen MR) is 119 cm³/mol. The molecule has 6 nitrogen and oxygen atoms in total. The molecule has 1 aliphatic rings. The van der Waals surface area contributed by atoms with Crippen LogP contribution in [0.3, 0.4) is 0 Å². The van der Waals surface area contributed by atoms with Crippen molar-refractivity contribution in [3.05, 3.63) is 94.9 Å². The summed E-state index contributed by atoms with van der Waals surface area (Å²) >= 11 is 0. The van der Waals surface area contributed by atoms with Crippen LogP contribution in [0.15, 0.2) is 72.6 Å². The Morgan fingerprint density at radius 2 is 1.71 bits per heavy atom. The third-order valence-electron chi connectivity index (χ3n) is 5.38. The molecule has 0 saturated heterocycles. The van der Waals surface area contributed by atoms with Crippen LogP contribution in [0.25, 0.3) is 5.57 Å². The van der Waals surface area contributed by atoms with E-state index in [0.29, 0.717) is 28.3 Å². The van der Waals surface area contributed by atoms with E-state index in [-0.39, 0.29) is 18.1 Å². The van der Waals surface area contributed by atoms with Gasteiger partial charge in [0, 0.05) is 6.20 Å². The second-order valence-corrected chi connectivity index (χ2v) is 7.39. The maximum atomic E-state index is 13.4. The Hall–Kier alpha value is -3.93. The molecule has 2 heterocycles. The minimum absolute atomic E-state index is 0.101. The fourth-order valence-corrected chi connectivity index (χ4v) is 3.54. The number of pyridine rings is 1. The van der Waals surface area contributed by atoms with Crippen molar-refractivity contribution in [3.8, 4) is 5.75 Å². The summed E-state index contributed by atoms with van der Waals surface area (Å²) in [5, 5.41) is 3.16. The van der Waals surface area contributed by atoms with E-state index in [1.165, 1.54) is 4.90 Å². The first kappa shape index (κ1) is 20.3. The first-order chi connectivity index (χ1) is 15.0. The number of rotatable bonds is 6. The number of para-hydroxylation sites is 2. The molecular formula is C25H23N3O3. The molecule has 0 atom stereocenters. The number of nitrogens with zero attached hydrogens (tertiary/aromatic N) is 2. The number of carbonyl (C=O) groups is 2. The molecule has 0 fully saturated rings. The van der Waals surface area contributed by atoms with Crippen LogP contribution in [-0.4, -0.2) is 28.8 Å². The average Bonchev–Trinajstić information content (AvgIpc) is 3.01. The van der Waals surface area contributed by atoms with Crippen molar-refractivity contribution in [2.75, 3.05) is 12.4 Å². The minimum atomic E-state index is -0.394. The van der Waals surface area contributed by atoms with Gasteiger partial charge in [0.05, 0.1) is 30.6 Å². The summed E-state index contributed by atoms with van der Waals surface area (Å²) < 4.78 is 5.41. The largest absolute Gasteiger partial charge is 0.495 e. The summed E-state index contributed by atoms with van der Waals surface area (Å²) in [7, 11) is 1.56. The molecule has 0 saturated carbocycles. The topological polar surface area (TPSA) is 71.5 Å². The Morgan fingerprint density at radius 3 is 2.42 bits per heavy atom. The Kier molecular flexibility index (Phi) is 5.54. The number of hydrogen-bond donors (Lipinski definition) is 1. The van der Waals surface area contributed by atoms with Crippen molar-refractivity contribution in [1.82, 2.24) is 9.88 Å². The SMILES string of the molecule is COc1ccccc1NC1=C(c2ccc(C)c(C)c2)C(=O)N(Cc2ccccn2)C1=O. The molecule has 0 bridgehead atoms. The predicted octanol–water partition coefficient (Wildman–Crippen LogP) is 4.10. The Balaban J connectivity index is 1.79. The van der Waals surface area contributed by atoms with Gasteiger partial charge in [-0.1, -0.05) is 36.4 Å². The van der Waals surface area contributed by atoms with E-state index in [0.717, 1.165) is 11.1 Å². The highest BCUT2D eigenvalue weighted by molar-refractivity contribution is 6.36. The molecule has 1 N–H and O–H groups in total. The lowest BCUT2D eigenvalue weighted by Gasteiger charge is -2.15. The van der Waals surface area contributed by atoms with Gasteiger partial charge >= 0.3 is 0 Å². The van der Waals surface area contributed by atoms with E-state index in [1.807, 2.05) is 56.3 Å². The van der Waals surface area contributed by atoms with Crippen LogP contribution in [0.4, 0.5) is 5.69 Å². The van der Waals surface area contributed by atoms with Crippen molar-refractivity contribution in [2.45, 2.75) is 20.4 Å². The van der Waals surface area contributed by atoms with Gasteiger partial charge in [0.15, 0.2) is 0 Å². The molecular weight excluding hydrogens is 390 g/mol. The van der Waals surface area contributed by atoms with Crippen molar-refractivity contribution in [2.24, 2.45) is 0 Å². The number of ether oxygens (including phenoxy) is 1. The number of hydrogen-bond acceptors (Lipinski definition) is 5. The Labute approximate surface area is 181 Å². The fourth-order valence-electron chi connectivity index (χ4n) is 3.54. The molecule has 3 aromatic rings. The normalized spacial score (nSPS) is 13.7. The number of imide groups is 1. The summed E-state index contributed by atoms with van der Waals surface area (Å²) in [6.45, 7) is 4.10. The van der Waals surface area contributed by atoms with E-state index < -0.39 is 5.91 Å². The molecule has 4 rings (SSSR count). The van der Waals surface area contributed by atoms with Crippen LogP contribution in [0, 0.1) is 13.8 Å². The van der Waals surface area contributed by atoms with Gasteiger partial charge in [-0.2, -0.15) is 0 Å². The fraction of sp³-hybridized carbons (Fsp3) is 0.160. The first-order valence-corrected chi connectivity index (χ1v) is 9.97. The highest BCUT2D eigenvalue weighted by Gasteiger charge is 2.39. The van der Waals surface area contributed by atoms with E-state index >= 15 is 0 Å². The lowest BCUT2D eigenvalue weighted by molar-refractivity contribution is -0.137. The number of nitrogens with one attached hydrogen (secondary N) is 1. The zero-order valence-corrected chi connectivity index (χ0v) is 17.7. The minimum Gasteiger partial charge on any atom is -0.495 e. The van der Waals surface area contributed by atoms with Crippen LogP contribution in [0.1, 0.15) is 22.4 Å². The van der Waals surface area contributed by atoms with Gasteiger partial charge in [0.1, 0.15) is 11.4 Å². The van der Waals surface area contributed by atoms with E-state index in [4.69, 9.17) is 4.74 Å². The quantitative estimate of drug-likeness (QED) is 0.616. The number of benzene rings is 2. The van der Waals surface area contributed by atoms with Crippen molar-refractivity contribution in [1.29, 1.82) is 0 Å². The molecule has 2 amide bonds. The third-order valence-corrected chi connectivity index (χ3v) is 5.38. The molecule has 0 unspecified atom stereocenters. The van der Waals surface area contributed by atoms with Crippen molar-refractivity contribution < 1.29 is 14.3 Å². The second-order valence-electron chi connectivity index (χ2n) is 7.39. The highest BCUT2D eigenvalue weighted by Crippen LogP contribution is 2.34. The summed E-state index contributed by atoms with van der Waals surface area (Å²) in [4.78, 5) is 32.3. The summed E-state index contributed by atoms with van der Waals surface area (Å²) in [5.41, 5.74) is 4.69. The molecule has 1 aromatic heterocycles. The average molecular weight is 413 g/mol. The van der Waals surface area contributed by atoms with Gasteiger partial charge in [0.2, 0.25) is 0 Å². The molecule has 1 aliphatic heterocycles. The summed E-state index contributed by atoms with van der Waals surface area (Å²) in [5.74, 6) is -0.163. The van der Waals surface area contributed by atoms with Crippen molar-refractivity contribution >= 4 is 23.1 Å². The van der Waals surface area contributed by atoms with E-state index in [2.05, 4.69) is 10.3 Å². The summed E-state index contributed by atoms with van der Waals surface area (Å²) in [6, 6.07) is 18.5. The maximum absolute atomic E-state index is 13.4. The van der Waals surface area contributed by atoms with Crippen LogP contribution < -0.4 is 10.1 Å². The highest BCUT2D eigenvalue weighted by atomic mass is 16.5. The van der Waals surface area contributed by atoms with Gasteiger partial charge < -0.3 is 10.1 Å². The monoisotopic (exact) mass is 413 g/mol. The first-order valence-electron chi connectivity index (χ1n) is 9.97. The molecule has 6 heteroatoms. The number of amides is 2. The van der Waals surface area contributed by atoms with Gasteiger partial charge in [-0.05, 0) is 54.8 Å². The standard InChI is InChI=1S/C25H23N3O3/c1-16-11-12-18(14-17(16)2)22-23(27-20-9-4-5-10-21(20)31-3)25(30)28(24(22)29)15-19-8-6-7-13-26-19/h4-14,27H,15H2,1-3H3.